The van der Waals surface area contributed by atoms with E-state index >= 15 is 0 Å². The van der Waals surface area contributed by atoms with Crippen LogP contribution in [0.1, 0.15) is 20.3 Å². The summed E-state index contributed by atoms with van der Waals surface area (Å²) in [5.74, 6) is 0. The highest BCUT2D eigenvalue weighted by Gasteiger charge is 2.28. The van der Waals surface area contributed by atoms with Crippen LogP contribution in [0.15, 0.2) is 0 Å². The van der Waals surface area contributed by atoms with Crippen LogP contribution in [0.25, 0.3) is 0 Å². The molecule has 0 aromatic heterocycles. The Balaban J connectivity index is 2.31. The molecule has 0 aromatic carbocycles. The highest BCUT2D eigenvalue weighted by molar-refractivity contribution is 4.74. The molecule has 0 spiro atoms. The van der Waals surface area contributed by atoms with E-state index in [1.165, 1.54) is 0 Å². The van der Waals surface area contributed by atoms with Crippen molar-refractivity contribution in [2.24, 2.45) is 0 Å². The van der Waals surface area contributed by atoms with Gasteiger partial charge in [-0.05, 0) is 13.3 Å². The number of ether oxygens (including phenoxy) is 2. The van der Waals surface area contributed by atoms with Gasteiger partial charge < -0.3 is 14.6 Å². The monoisotopic (exact) mass is 146 g/mol. The fourth-order valence-corrected chi connectivity index (χ4v) is 0.870. The Morgan fingerprint density at radius 3 is 2.40 bits per heavy atom. The number of hydrogen-bond donors (Lipinski definition) is 1. The van der Waals surface area contributed by atoms with Crippen molar-refractivity contribution in [3.63, 3.8) is 0 Å². The van der Waals surface area contributed by atoms with Crippen LogP contribution in [0, 0.1) is 0 Å². The molecule has 10 heavy (non-hydrogen) atoms. The molecule has 0 saturated carbocycles. The predicted molar refractivity (Wildman–Crippen MR) is 36.6 cm³/mol. The zero-order chi connectivity index (χ0) is 7.61. The molecule has 1 aliphatic rings. The third-order valence-corrected chi connectivity index (χ3v) is 1.49. The van der Waals surface area contributed by atoms with Crippen molar-refractivity contribution in [1.82, 2.24) is 0 Å². The molecule has 1 aliphatic heterocycles. The van der Waals surface area contributed by atoms with Crippen molar-refractivity contribution < 1.29 is 14.6 Å². The predicted octanol–water partition coefficient (Wildman–Crippen LogP) is 0.520. The molecular formula is C7H14O3. The fraction of sp³-hybridized carbons (Fsp3) is 1.00. The van der Waals surface area contributed by atoms with Crippen molar-refractivity contribution in [2.45, 2.75) is 32.2 Å². The van der Waals surface area contributed by atoms with Crippen molar-refractivity contribution in [1.29, 1.82) is 0 Å². The third kappa shape index (κ3) is 1.94. The van der Waals surface area contributed by atoms with E-state index in [2.05, 4.69) is 0 Å². The lowest BCUT2D eigenvalue weighted by molar-refractivity contribution is -0.247. The molecule has 0 bridgehead atoms. The lowest BCUT2D eigenvalue weighted by Crippen LogP contribution is -2.44. The second-order valence-electron chi connectivity index (χ2n) is 2.96. The summed E-state index contributed by atoms with van der Waals surface area (Å²) < 4.78 is 10.3. The zero-order valence-electron chi connectivity index (χ0n) is 6.46. The standard InChI is InChI=1S/C7H14O3/c1-3-6-9-4-7(2,8)5-10-6/h6,8H,3-5H2,1-2H3/t6-,7+. The van der Waals surface area contributed by atoms with E-state index in [0.29, 0.717) is 13.2 Å². The average Bonchev–Trinajstić information content (AvgIpc) is 1.88. The van der Waals surface area contributed by atoms with Crippen LogP contribution in [-0.4, -0.2) is 30.2 Å². The van der Waals surface area contributed by atoms with Crippen LogP contribution < -0.4 is 0 Å². The van der Waals surface area contributed by atoms with Gasteiger partial charge in [0.25, 0.3) is 0 Å². The van der Waals surface area contributed by atoms with Crippen molar-refractivity contribution >= 4 is 0 Å². The molecule has 3 heteroatoms. The second-order valence-corrected chi connectivity index (χ2v) is 2.96. The first-order valence-corrected chi connectivity index (χ1v) is 3.59. The summed E-state index contributed by atoms with van der Waals surface area (Å²) in [5, 5.41) is 9.34. The van der Waals surface area contributed by atoms with Gasteiger partial charge in [-0.3, -0.25) is 0 Å². The lowest BCUT2D eigenvalue weighted by atomic mass is 10.1. The van der Waals surface area contributed by atoms with Crippen LogP contribution >= 0.6 is 0 Å². The van der Waals surface area contributed by atoms with Gasteiger partial charge in [0.1, 0.15) is 5.60 Å². The van der Waals surface area contributed by atoms with Crippen molar-refractivity contribution in [3.8, 4) is 0 Å². The van der Waals surface area contributed by atoms with Crippen LogP contribution in [0.3, 0.4) is 0 Å². The first-order chi connectivity index (χ1) is 4.64. The summed E-state index contributed by atoms with van der Waals surface area (Å²) in [6.45, 7) is 4.46. The van der Waals surface area contributed by atoms with Crippen molar-refractivity contribution in [3.05, 3.63) is 0 Å². The molecule has 0 aromatic rings. The summed E-state index contributed by atoms with van der Waals surface area (Å²) in [4.78, 5) is 0. The molecular weight excluding hydrogens is 132 g/mol. The minimum absolute atomic E-state index is 0.111. The third-order valence-electron chi connectivity index (χ3n) is 1.49. The van der Waals surface area contributed by atoms with Gasteiger partial charge in [0.05, 0.1) is 13.2 Å². The normalized spacial score (nSPS) is 41.7. The molecule has 60 valence electrons. The Morgan fingerprint density at radius 1 is 1.50 bits per heavy atom. The minimum Gasteiger partial charge on any atom is -0.385 e. The summed E-state index contributed by atoms with van der Waals surface area (Å²) in [6.07, 6.45) is 0.732. The van der Waals surface area contributed by atoms with Gasteiger partial charge in [-0.15, -0.1) is 0 Å². The number of rotatable bonds is 1. The molecule has 1 saturated heterocycles. The van der Waals surface area contributed by atoms with Gasteiger partial charge in [0.15, 0.2) is 6.29 Å². The SMILES string of the molecule is CC[C@H]1OC[C@@](C)(O)CO1. The van der Waals surface area contributed by atoms with Gasteiger partial charge in [0.2, 0.25) is 0 Å². The highest BCUT2D eigenvalue weighted by Crippen LogP contribution is 2.15. The quantitative estimate of drug-likeness (QED) is 0.586. The van der Waals surface area contributed by atoms with Gasteiger partial charge in [-0.1, -0.05) is 6.92 Å². The van der Waals surface area contributed by atoms with E-state index in [4.69, 9.17) is 9.47 Å². The van der Waals surface area contributed by atoms with Crippen molar-refractivity contribution in [2.75, 3.05) is 13.2 Å². The molecule has 0 amide bonds. The van der Waals surface area contributed by atoms with E-state index in [9.17, 15) is 5.11 Å². The largest absolute Gasteiger partial charge is 0.385 e. The lowest BCUT2D eigenvalue weighted by Gasteiger charge is -2.32. The van der Waals surface area contributed by atoms with E-state index in [1.807, 2.05) is 6.92 Å². The number of aliphatic hydroxyl groups is 1. The molecule has 1 N–H and O–H groups in total. The summed E-state index contributed by atoms with van der Waals surface area (Å²) >= 11 is 0. The smallest absolute Gasteiger partial charge is 0.157 e. The Morgan fingerprint density at radius 2 is 2.00 bits per heavy atom. The Bertz CT molecular complexity index is 101. The van der Waals surface area contributed by atoms with E-state index in [-0.39, 0.29) is 6.29 Å². The van der Waals surface area contributed by atoms with Crippen LogP contribution in [0.2, 0.25) is 0 Å². The van der Waals surface area contributed by atoms with Gasteiger partial charge >= 0.3 is 0 Å². The maximum Gasteiger partial charge on any atom is 0.157 e. The van der Waals surface area contributed by atoms with E-state index in [1.54, 1.807) is 6.92 Å². The first-order valence-electron chi connectivity index (χ1n) is 3.59. The Kier molecular flexibility index (Phi) is 2.28. The maximum atomic E-state index is 9.34. The van der Waals surface area contributed by atoms with E-state index in [0.717, 1.165) is 6.42 Å². The topological polar surface area (TPSA) is 38.7 Å². The highest BCUT2D eigenvalue weighted by atomic mass is 16.7. The van der Waals surface area contributed by atoms with Crippen LogP contribution in [-0.2, 0) is 9.47 Å². The minimum atomic E-state index is -0.786. The zero-order valence-corrected chi connectivity index (χ0v) is 6.46. The molecule has 1 rings (SSSR count). The van der Waals surface area contributed by atoms with E-state index < -0.39 is 5.60 Å². The maximum absolute atomic E-state index is 9.34. The average molecular weight is 146 g/mol. The molecule has 0 aliphatic carbocycles. The van der Waals surface area contributed by atoms with Crippen LogP contribution in [0.5, 0.6) is 0 Å². The Hall–Kier alpha value is -0.120. The second kappa shape index (κ2) is 2.86. The first kappa shape index (κ1) is 7.98. The fourth-order valence-electron chi connectivity index (χ4n) is 0.870. The van der Waals surface area contributed by atoms with Gasteiger partial charge in [-0.25, -0.2) is 0 Å². The molecule has 1 fully saturated rings. The number of hydrogen-bond acceptors (Lipinski definition) is 3. The van der Waals surface area contributed by atoms with Gasteiger partial charge in [0, 0.05) is 0 Å². The summed E-state index contributed by atoms with van der Waals surface area (Å²) in [5.41, 5.74) is -0.786. The van der Waals surface area contributed by atoms with Gasteiger partial charge in [-0.2, -0.15) is 0 Å². The summed E-state index contributed by atoms with van der Waals surface area (Å²) in [7, 11) is 0. The molecule has 1 heterocycles. The Labute approximate surface area is 60.9 Å². The molecule has 0 radical (unpaired) electrons. The van der Waals surface area contributed by atoms with Crippen LogP contribution in [0.4, 0.5) is 0 Å². The molecule has 0 unspecified atom stereocenters. The molecule has 3 nitrogen and oxygen atoms in total. The summed E-state index contributed by atoms with van der Waals surface area (Å²) in [6, 6.07) is 0. The molecule has 0 atom stereocenters.